The lowest BCUT2D eigenvalue weighted by Crippen LogP contribution is -2.28. The fourth-order valence-electron chi connectivity index (χ4n) is 5.15. The number of aryl methyl sites for hydroxylation is 1. The van der Waals surface area contributed by atoms with Gasteiger partial charge in [-0.15, -0.1) is 0 Å². The number of hydrogen-bond acceptors (Lipinski definition) is 1. The Kier molecular flexibility index (Phi) is 4.66. The average molecular weight is 406 g/mol. The highest BCUT2D eigenvalue weighted by Gasteiger charge is 2.40. The van der Waals surface area contributed by atoms with Crippen LogP contribution < -0.4 is 9.47 Å². The van der Waals surface area contributed by atoms with E-state index >= 15 is 0 Å². The van der Waals surface area contributed by atoms with Crippen molar-refractivity contribution in [2.75, 3.05) is 11.4 Å². The van der Waals surface area contributed by atoms with E-state index in [1.54, 1.807) is 0 Å². The summed E-state index contributed by atoms with van der Waals surface area (Å²) in [6.45, 7) is 7.90. The summed E-state index contributed by atoms with van der Waals surface area (Å²) in [6, 6.07) is 24.1. The van der Waals surface area contributed by atoms with Gasteiger partial charge in [0.1, 0.15) is 7.05 Å². The van der Waals surface area contributed by atoms with Gasteiger partial charge in [0.15, 0.2) is 6.20 Å². The highest BCUT2D eigenvalue weighted by Crippen LogP contribution is 2.50. The van der Waals surface area contributed by atoms with Crippen LogP contribution >= 0.6 is 0 Å². The second-order valence-corrected chi connectivity index (χ2v) is 8.86. The molecule has 4 aromatic rings. The molecule has 0 amide bonds. The maximum atomic E-state index is 2.47. The highest BCUT2D eigenvalue weighted by molar-refractivity contribution is 5.95. The third-order valence-corrected chi connectivity index (χ3v) is 6.67. The molecule has 0 unspecified atom stereocenters. The van der Waals surface area contributed by atoms with Crippen LogP contribution in [-0.4, -0.2) is 6.54 Å². The minimum atomic E-state index is -0.0538. The number of nitrogens with zero attached hydrogens (tertiary/aromatic N) is 2. The Labute approximate surface area is 184 Å². The van der Waals surface area contributed by atoms with E-state index in [2.05, 4.69) is 128 Å². The first kappa shape index (κ1) is 19.6. The fourth-order valence-corrected chi connectivity index (χ4v) is 5.15. The molecule has 5 rings (SSSR count). The predicted molar refractivity (Wildman–Crippen MR) is 132 cm³/mol. The summed E-state index contributed by atoms with van der Waals surface area (Å²) in [5, 5.41) is 3.94. The van der Waals surface area contributed by atoms with Crippen LogP contribution in [0.3, 0.4) is 0 Å². The molecule has 2 heterocycles. The van der Waals surface area contributed by atoms with Gasteiger partial charge in [-0.1, -0.05) is 68.5 Å². The smallest absolute Gasteiger partial charge is 0.212 e. The maximum Gasteiger partial charge on any atom is 0.212 e. The van der Waals surface area contributed by atoms with Gasteiger partial charge in [-0.3, -0.25) is 0 Å². The number of fused-ring (bicyclic) bond motifs is 4. The van der Waals surface area contributed by atoms with Crippen molar-refractivity contribution in [1.29, 1.82) is 0 Å². The lowest BCUT2D eigenvalue weighted by molar-refractivity contribution is -0.644. The molecule has 3 aromatic carbocycles. The van der Waals surface area contributed by atoms with Crippen molar-refractivity contribution in [3.63, 3.8) is 0 Å². The van der Waals surface area contributed by atoms with E-state index < -0.39 is 0 Å². The minimum absolute atomic E-state index is 0.0538. The van der Waals surface area contributed by atoms with Crippen LogP contribution in [0.2, 0.25) is 0 Å². The number of para-hydroxylation sites is 1. The van der Waals surface area contributed by atoms with Crippen molar-refractivity contribution in [2.45, 2.75) is 26.2 Å². The zero-order chi connectivity index (χ0) is 21.6. The molecule has 0 saturated carbocycles. The second-order valence-electron chi connectivity index (χ2n) is 8.86. The van der Waals surface area contributed by atoms with Crippen molar-refractivity contribution in [2.24, 2.45) is 7.05 Å². The molecule has 2 nitrogen and oxygen atoms in total. The predicted octanol–water partition coefficient (Wildman–Crippen LogP) is 6.53. The average Bonchev–Trinajstić information content (AvgIpc) is 3.01. The number of aromatic nitrogens is 1. The van der Waals surface area contributed by atoms with Gasteiger partial charge in [0, 0.05) is 35.5 Å². The second kappa shape index (κ2) is 7.39. The van der Waals surface area contributed by atoms with E-state index in [4.69, 9.17) is 0 Å². The molecule has 1 aliphatic heterocycles. The van der Waals surface area contributed by atoms with Crippen molar-refractivity contribution in [3.05, 3.63) is 102 Å². The molecule has 0 N–H and O–H groups in total. The Hall–Kier alpha value is -3.39. The van der Waals surface area contributed by atoms with Crippen LogP contribution in [0.15, 0.2) is 90.8 Å². The highest BCUT2D eigenvalue weighted by atomic mass is 15.2. The Morgan fingerprint density at radius 3 is 2.45 bits per heavy atom. The van der Waals surface area contributed by atoms with Crippen LogP contribution in [-0.2, 0) is 12.5 Å². The number of benzene rings is 3. The lowest BCUT2D eigenvalue weighted by atomic mass is 9.81. The molecule has 31 heavy (non-hydrogen) atoms. The van der Waals surface area contributed by atoms with Gasteiger partial charge in [0.2, 0.25) is 5.52 Å². The van der Waals surface area contributed by atoms with Gasteiger partial charge < -0.3 is 4.90 Å². The molecule has 1 aromatic heterocycles. The quantitative estimate of drug-likeness (QED) is 0.351. The third kappa shape index (κ3) is 3.06. The van der Waals surface area contributed by atoms with Crippen LogP contribution in [0.4, 0.5) is 5.69 Å². The minimum Gasteiger partial charge on any atom is -0.344 e. The van der Waals surface area contributed by atoms with Gasteiger partial charge in [-0.25, -0.2) is 4.57 Å². The van der Waals surface area contributed by atoms with E-state index in [0.29, 0.717) is 0 Å². The van der Waals surface area contributed by atoms with Crippen molar-refractivity contribution >= 4 is 33.4 Å². The van der Waals surface area contributed by atoms with E-state index in [0.717, 1.165) is 6.54 Å². The van der Waals surface area contributed by atoms with Gasteiger partial charge in [-0.2, -0.15) is 0 Å². The van der Waals surface area contributed by atoms with Crippen molar-refractivity contribution in [3.8, 4) is 0 Å². The maximum absolute atomic E-state index is 2.47. The normalized spacial score (nSPS) is 16.6. The van der Waals surface area contributed by atoms with Gasteiger partial charge in [0.25, 0.3) is 0 Å². The molecular formula is C29H29N2+. The number of pyridine rings is 1. The first-order valence-corrected chi connectivity index (χ1v) is 11.1. The Bertz CT molecular complexity index is 1360. The van der Waals surface area contributed by atoms with Crippen LogP contribution in [0.1, 0.15) is 31.9 Å². The lowest BCUT2D eigenvalue weighted by Gasteiger charge is -2.26. The molecule has 0 radical (unpaired) electrons. The van der Waals surface area contributed by atoms with Gasteiger partial charge >= 0.3 is 0 Å². The molecule has 0 spiro atoms. The number of rotatable bonds is 3. The molecule has 0 aliphatic carbocycles. The molecule has 0 saturated heterocycles. The van der Waals surface area contributed by atoms with Crippen LogP contribution in [0.25, 0.3) is 27.8 Å². The van der Waals surface area contributed by atoms with E-state index in [-0.39, 0.29) is 5.41 Å². The van der Waals surface area contributed by atoms with E-state index in [1.807, 2.05) is 0 Å². The molecule has 0 bridgehead atoms. The van der Waals surface area contributed by atoms with E-state index in [1.165, 1.54) is 44.2 Å². The number of likely N-dealkylation sites (N-methyl/N-ethyl adjacent to an activating group) is 1. The van der Waals surface area contributed by atoms with Crippen LogP contribution in [0, 0.1) is 0 Å². The summed E-state index contributed by atoms with van der Waals surface area (Å²) in [5.41, 5.74) is 6.55. The molecule has 0 fully saturated rings. The molecule has 1 aliphatic rings. The number of allylic oxidation sites excluding steroid dienone is 3. The number of anilines is 1. The Morgan fingerprint density at radius 2 is 1.65 bits per heavy atom. The van der Waals surface area contributed by atoms with Gasteiger partial charge in [0.05, 0.1) is 5.39 Å². The summed E-state index contributed by atoms with van der Waals surface area (Å²) >= 11 is 0. The molecular weight excluding hydrogens is 376 g/mol. The summed E-state index contributed by atoms with van der Waals surface area (Å²) in [7, 11) is 2.10. The number of hydrogen-bond donors (Lipinski definition) is 0. The SMILES string of the molecule is CCN1/C(=C/C=C/c2cc[n+](C)c3ccccc23)C(C)(C)c2c1ccc1ccccc21. The molecule has 154 valence electrons. The largest absolute Gasteiger partial charge is 0.344 e. The van der Waals surface area contributed by atoms with Crippen LogP contribution in [0.5, 0.6) is 0 Å². The molecule has 2 heteroatoms. The van der Waals surface area contributed by atoms with E-state index in [9.17, 15) is 0 Å². The Balaban J connectivity index is 1.60. The topological polar surface area (TPSA) is 7.12 Å². The van der Waals surface area contributed by atoms with Crippen molar-refractivity contribution in [1.82, 2.24) is 0 Å². The standard InChI is InChI=1S/C29H29N2/c1-5-31-26-18-17-21-11-6-7-14-24(21)28(26)29(2,3)27(31)16-10-12-22-19-20-30(4)25-15-9-8-13-23(22)25/h6-20H,5H2,1-4H3/q+1. The zero-order valence-corrected chi connectivity index (χ0v) is 18.8. The van der Waals surface area contributed by atoms with Crippen molar-refractivity contribution < 1.29 is 4.57 Å². The monoisotopic (exact) mass is 405 g/mol. The summed E-state index contributed by atoms with van der Waals surface area (Å²) in [6.07, 6.45) is 8.89. The summed E-state index contributed by atoms with van der Waals surface area (Å²) in [4.78, 5) is 2.47. The summed E-state index contributed by atoms with van der Waals surface area (Å²) < 4.78 is 2.17. The first-order chi connectivity index (χ1) is 15.0. The zero-order valence-electron chi connectivity index (χ0n) is 18.8. The first-order valence-electron chi connectivity index (χ1n) is 11.1. The third-order valence-electron chi connectivity index (χ3n) is 6.67. The Morgan fingerprint density at radius 1 is 0.903 bits per heavy atom. The summed E-state index contributed by atoms with van der Waals surface area (Å²) in [5.74, 6) is 0. The van der Waals surface area contributed by atoms with Gasteiger partial charge in [-0.05, 0) is 47.0 Å². The fraction of sp³-hybridized carbons (Fsp3) is 0.207. The molecule has 0 atom stereocenters.